The summed E-state index contributed by atoms with van der Waals surface area (Å²) in [6.07, 6.45) is 2.06. The molecule has 2 aromatic rings. The largest absolute Gasteiger partial charge is 1.00 e. The molecule has 3 rings (SSSR count). The highest BCUT2D eigenvalue weighted by Gasteiger charge is 2.34. The third-order valence-corrected chi connectivity index (χ3v) is 3.29. The van der Waals surface area contributed by atoms with Crippen LogP contribution >= 0.6 is 0 Å². The van der Waals surface area contributed by atoms with Crippen LogP contribution in [-0.4, -0.2) is 19.4 Å². The summed E-state index contributed by atoms with van der Waals surface area (Å²) in [5, 5.41) is 0. The Hall–Kier alpha value is -1.64. The van der Waals surface area contributed by atoms with E-state index in [2.05, 4.69) is 72.0 Å². The molecular weight excluding hydrogens is 244 g/mol. The Morgan fingerprint density at radius 2 is 1.28 bits per heavy atom. The van der Waals surface area contributed by atoms with Gasteiger partial charge < -0.3 is 12.4 Å². The lowest BCUT2D eigenvalue weighted by atomic mass is 10.2. The Labute approximate surface area is 114 Å². The number of quaternary nitrogens is 1. The van der Waals surface area contributed by atoms with E-state index in [4.69, 9.17) is 0 Å². The minimum atomic E-state index is 0. The van der Waals surface area contributed by atoms with Crippen LogP contribution < -0.4 is 16.9 Å². The fraction of sp³-hybridized carbons (Fsp3) is 0.133. The number of halogens is 1. The van der Waals surface area contributed by atoms with Gasteiger partial charge in [0.15, 0.2) is 6.34 Å². The Morgan fingerprint density at radius 3 is 1.67 bits per heavy atom. The summed E-state index contributed by atoms with van der Waals surface area (Å²) < 4.78 is 0.738. The predicted octanol–water partition coefficient (Wildman–Crippen LogP) is 0.371. The summed E-state index contributed by atoms with van der Waals surface area (Å²) in [5.41, 5.74) is 2.56. The normalized spacial score (nSPS) is 16.2. The van der Waals surface area contributed by atoms with Crippen LogP contribution in [0.3, 0.4) is 0 Å². The van der Waals surface area contributed by atoms with Crippen molar-refractivity contribution in [2.45, 2.75) is 0 Å². The van der Waals surface area contributed by atoms with Crippen LogP contribution in [0.5, 0.6) is 0 Å². The molecule has 0 unspecified atom stereocenters. The molecule has 0 saturated carbocycles. The van der Waals surface area contributed by atoms with Crippen LogP contribution in [0.4, 0.5) is 11.4 Å². The molecule has 1 aliphatic heterocycles. The lowest BCUT2D eigenvalue weighted by Crippen LogP contribution is -3.00. The zero-order chi connectivity index (χ0) is 11.6. The van der Waals surface area contributed by atoms with Crippen LogP contribution in [0.15, 0.2) is 65.7 Å². The topological polar surface area (TPSA) is 12.4 Å². The first-order chi connectivity index (χ1) is 8.42. The molecule has 1 aliphatic rings. The SMILES string of the molecule is C1=NCC[N+]1(c1ccccc1)c1ccccc1.[Cl-]. The Kier molecular flexibility index (Phi) is 3.80. The number of nitrogens with zero attached hydrogens (tertiary/aromatic N) is 2. The molecule has 0 saturated heterocycles. The van der Waals surface area contributed by atoms with Crippen molar-refractivity contribution in [2.75, 3.05) is 13.1 Å². The lowest BCUT2D eigenvalue weighted by Gasteiger charge is -2.29. The number of benzene rings is 2. The highest BCUT2D eigenvalue weighted by Crippen LogP contribution is 2.34. The zero-order valence-corrected chi connectivity index (χ0v) is 10.8. The predicted molar refractivity (Wildman–Crippen MR) is 72.6 cm³/mol. The highest BCUT2D eigenvalue weighted by atomic mass is 35.5. The van der Waals surface area contributed by atoms with Crippen molar-refractivity contribution < 1.29 is 12.4 Å². The molecule has 0 N–H and O–H groups in total. The van der Waals surface area contributed by atoms with Gasteiger partial charge >= 0.3 is 0 Å². The Morgan fingerprint density at radius 1 is 0.778 bits per heavy atom. The maximum absolute atomic E-state index is 4.44. The van der Waals surface area contributed by atoms with Crippen LogP contribution in [0.1, 0.15) is 0 Å². The van der Waals surface area contributed by atoms with Crippen molar-refractivity contribution in [2.24, 2.45) is 4.99 Å². The van der Waals surface area contributed by atoms with Gasteiger partial charge in [0.25, 0.3) is 0 Å². The van der Waals surface area contributed by atoms with Crippen LogP contribution in [-0.2, 0) is 0 Å². The third kappa shape index (κ3) is 2.05. The molecule has 0 amide bonds. The summed E-state index contributed by atoms with van der Waals surface area (Å²) in [7, 11) is 0. The molecule has 1 heterocycles. The van der Waals surface area contributed by atoms with E-state index < -0.39 is 0 Å². The van der Waals surface area contributed by atoms with Crippen LogP contribution in [0.2, 0.25) is 0 Å². The van der Waals surface area contributed by atoms with Crippen LogP contribution in [0, 0.1) is 0 Å². The van der Waals surface area contributed by atoms with Gasteiger partial charge in [-0.05, 0) is 24.3 Å². The van der Waals surface area contributed by atoms with Gasteiger partial charge in [0, 0.05) is 0 Å². The highest BCUT2D eigenvalue weighted by molar-refractivity contribution is 5.84. The van der Waals surface area contributed by atoms with Crippen molar-refractivity contribution in [1.29, 1.82) is 0 Å². The molecule has 0 spiro atoms. The van der Waals surface area contributed by atoms with Gasteiger partial charge in [0.2, 0.25) is 0 Å². The van der Waals surface area contributed by atoms with Gasteiger partial charge in [-0.15, -0.1) is 0 Å². The van der Waals surface area contributed by atoms with Gasteiger partial charge in [-0.25, -0.2) is 9.48 Å². The first-order valence-electron chi connectivity index (χ1n) is 5.92. The number of aliphatic imine (C=N–C) groups is 1. The summed E-state index contributed by atoms with van der Waals surface area (Å²) in [5.74, 6) is 0. The van der Waals surface area contributed by atoms with E-state index in [-0.39, 0.29) is 12.4 Å². The molecular formula is C15H15ClN2. The molecule has 2 aromatic carbocycles. The molecule has 0 bridgehead atoms. The average Bonchev–Trinajstić information content (AvgIpc) is 2.91. The van der Waals surface area contributed by atoms with Gasteiger partial charge in [-0.3, -0.25) is 0 Å². The third-order valence-electron chi connectivity index (χ3n) is 3.29. The maximum Gasteiger partial charge on any atom is 0.195 e. The fourth-order valence-electron chi connectivity index (χ4n) is 2.40. The monoisotopic (exact) mass is 258 g/mol. The van der Waals surface area contributed by atoms with Gasteiger partial charge in [-0.1, -0.05) is 36.4 Å². The van der Waals surface area contributed by atoms with E-state index in [0.717, 1.165) is 17.6 Å². The molecule has 0 aromatic heterocycles. The van der Waals surface area contributed by atoms with Gasteiger partial charge in [0.1, 0.15) is 17.9 Å². The van der Waals surface area contributed by atoms with Crippen molar-refractivity contribution in [3.63, 3.8) is 0 Å². The lowest BCUT2D eigenvalue weighted by molar-refractivity contribution is -0.00000331. The Balaban J connectivity index is 0.00000120. The van der Waals surface area contributed by atoms with Gasteiger partial charge in [0.05, 0.1) is 6.54 Å². The summed E-state index contributed by atoms with van der Waals surface area (Å²) in [4.78, 5) is 4.44. The first-order valence-corrected chi connectivity index (χ1v) is 5.92. The second kappa shape index (κ2) is 5.34. The van der Waals surface area contributed by atoms with Crippen molar-refractivity contribution in [1.82, 2.24) is 4.48 Å². The molecule has 0 fully saturated rings. The standard InChI is InChI=1S/C15H15N2.ClH/c1-3-7-14(8-4-1)17(12-11-16-13-17)15-9-5-2-6-10-15;/h1-10,13H,11-12H2;1H/q+1;/p-1. The van der Waals surface area contributed by atoms with Gasteiger partial charge in [-0.2, -0.15) is 0 Å². The summed E-state index contributed by atoms with van der Waals surface area (Å²) >= 11 is 0. The fourth-order valence-corrected chi connectivity index (χ4v) is 2.40. The quantitative estimate of drug-likeness (QED) is 0.691. The maximum atomic E-state index is 4.44. The number of hydrogen-bond acceptors (Lipinski definition) is 1. The minimum Gasteiger partial charge on any atom is -1.00 e. The van der Waals surface area contributed by atoms with Crippen LogP contribution in [0.25, 0.3) is 0 Å². The summed E-state index contributed by atoms with van der Waals surface area (Å²) in [6, 6.07) is 21.1. The number of para-hydroxylation sites is 2. The Bertz CT molecular complexity index is 483. The van der Waals surface area contributed by atoms with Crippen molar-refractivity contribution in [3.05, 3.63) is 60.7 Å². The molecule has 92 valence electrons. The van der Waals surface area contributed by atoms with Crippen molar-refractivity contribution >= 4 is 17.7 Å². The molecule has 18 heavy (non-hydrogen) atoms. The second-order valence-electron chi connectivity index (χ2n) is 4.29. The smallest absolute Gasteiger partial charge is 0.195 e. The molecule has 0 aliphatic carbocycles. The average molecular weight is 259 g/mol. The van der Waals surface area contributed by atoms with E-state index in [1.165, 1.54) is 11.4 Å². The van der Waals surface area contributed by atoms with E-state index in [1.807, 2.05) is 0 Å². The first kappa shape index (κ1) is 12.8. The second-order valence-corrected chi connectivity index (χ2v) is 4.29. The molecule has 0 radical (unpaired) electrons. The van der Waals surface area contributed by atoms with E-state index in [9.17, 15) is 0 Å². The zero-order valence-electron chi connectivity index (χ0n) is 10.0. The number of hydrogen-bond donors (Lipinski definition) is 0. The molecule has 0 atom stereocenters. The summed E-state index contributed by atoms with van der Waals surface area (Å²) in [6.45, 7) is 1.90. The van der Waals surface area contributed by atoms with E-state index in [1.54, 1.807) is 0 Å². The number of rotatable bonds is 2. The molecule has 3 heteroatoms. The minimum absolute atomic E-state index is 0. The van der Waals surface area contributed by atoms with E-state index >= 15 is 0 Å². The molecule has 2 nitrogen and oxygen atoms in total. The van der Waals surface area contributed by atoms with E-state index in [0.29, 0.717) is 0 Å². The van der Waals surface area contributed by atoms with Crippen molar-refractivity contribution in [3.8, 4) is 0 Å².